The molecule has 5 nitrogen and oxygen atoms in total. The number of aryl methyl sites for hydroxylation is 2. The van der Waals surface area contributed by atoms with Gasteiger partial charge in [0.1, 0.15) is 0 Å². The standard InChI is InChI=1S/C11H12ClN3O2S2/c1-2-15-10(13-14-11(15)19(12,16)17)9-6-7-4-3-5-8(7)18-9/h6H,2-5H2,1H3. The van der Waals surface area contributed by atoms with Gasteiger partial charge in [0.25, 0.3) is 14.2 Å². The van der Waals surface area contributed by atoms with Crippen LogP contribution in [0.15, 0.2) is 11.2 Å². The summed E-state index contributed by atoms with van der Waals surface area (Å²) in [6.07, 6.45) is 3.39. The lowest BCUT2D eigenvalue weighted by Crippen LogP contribution is -2.05. The van der Waals surface area contributed by atoms with Gasteiger partial charge in [-0.15, -0.1) is 21.5 Å². The van der Waals surface area contributed by atoms with E-state index in [2.05, 4.69) is 16.3 Å². The average molecular weight is 318 g/mol. The summed E-state index contributed by atoms with van der Waals surface area (Å²) in [4.78, 5) is 2.33. The molecule has 0 N–H and O–H groups in total. The van der Waals surface area contributed by atoms with Gasteiger partial charge in [0.05, 0.1) is 4.88 Å². The van der Waals surface area contributed by atoms with Crippen molar-refractivity contribution in [2.75, 3.05) is 0 Å². The molecule has 8 heteroatoms. The van der Waals surface area contributed by atoms with Crippen LogP contribution in [0.2, 0.25) is 0 Å². The van der Waals surface area contributed by atoms with E-state index in [0.29, 0.717) is 12.4 Å². The molecule has 0 saturated carbocycles. The van der Waals surface area contributed by atoms with Crippen molar-refractivity contribution in [3.05, 3.63) is 16.5 Å². The van der Waals surface area contributed by atoms with Crippen molar-refractivity contribution in [1.82, 2.24) is 14.8 Å². The zero-order chi connectivity index (χ0) is 13.6. The second-order valence-electron chi connectivity index (χ2n) is 4.40. The lowest BCUT2D eigenvalue weighted by molar-refractivity contribution is 0.583. The summed E-state index contributed by atoms with van der Waals surface area (Å²) in [5.74, 6) is 0.584. The third-order valence-electron chi connectivity index (χ3n) is 3.22. The van der Waals surface area contributed by atoms with Crippen LogP contribution in [0.25, 0.3) is 10.7 Å². The molecular formula is C11H12ClN3O2S2. The monoisotopic (exact) mass is 317 g/mol. The summed E-state index contributed by atoms with van der Waals surface area (Å²) >= 11 is 1.67. The number of aromatic nitrogens is 3. The Morgan fingerprint density at radius 3 is 2.84 bits per heavy atom. The van der Waals surface area contributed by atoms with E-state index in [1.54, 1.807) is 15.9 Å². The van der Waals surface area contributed by atoms with Crippen LogP contribution < -0.4 is 0 Å². The van der Waals surface area contributed by atoms with E-state index in [1.807, 2.05) is 6.92 Å². The first kappa shape index (κ1) is 13.1. The number of thiophene rings is 1. The maximum Gasteiger partial charge on any atom is 0.296 e. The first-order valence-corrected chi connectivity index (χ1v) is 9.13. The van der Waals surface area contributed by atoms with Crippen molar-refractivity contribution < 1.29 is 8.42 Å². The fourth-order valence-corrected chi connectivity index (χ4v) is 4.58. The summed E-state index contributed by atoms with van der Waals surface area (Å²) < 4.78 is 24.4. The molecule has 2 heterocycles. The van der Waals surface area contributed by atoms with E-state index in [9.17, 15) is 8.42 Å². The van der Waals surface area contributed by atoms with E-state index >= 15 is 0 Å². The Labute approximate surface area is 119 Å². The van der Waals surface area contributed by atoms with Gasteiger partial charge in [0.15, 0.2) is 5.82 Å². The summed E-state index contributed by atoms with van der Waals surface area (Å²) in [5, 5.41) is 7.53. The van der Waals surface area contributed by atoms with Crippen LogP contribution in [0.3, 0.4) is 0 Å². The summed E-state index contributed by atoms with van der Waals surface area (Å²) in [6.45, 7) is 2.31. The van der Waals surface area contributed by atoms with Crippen LogP contribution in [-0.2, 0) is 28.4 Å². The molecule has 19 heavy (non-hydrogen) atoms. The molecule has 0 atom stereocenters. The Hall–Kier alpha value is -0.920. The number of fused-ring (bicyclic) bond motifs is 1. The van der Waals surface area contributed by atoms with E-state index < -0.39 is 9.05 Å². The number of halogens is 1. The maximum atomic E-state index is 11.4. The van der Waals surface area contributed by atoms with Gasteiger partial charge in [0, 0.05) is 22.1 Å². The van der Waals surface area contributed by atoms with Gasteiger partial charge >= 0.3 is 0 Å². The van der Waals surface area contributed by atoms with Gasteiger partial charge in [-0.3, -0.25) is 4.57 Å². The van der Waals surface area contributed by atoms with Crippen LogP contribution in [-0.4, -0.2) is 23.2 Å². The number of nitrogens with zero attached hydrogens (tertiary/aromatic N) is 3. The average Bonchev–Trinajstić information content (AvgIpc) is 2.99. The molecule has 0 radical (unpaired) electrons. The second kappa shape index (κ2) is 4.57. The lowest BCUT2D eigenvalue weighted by Gasteiger charge is -2.03. The third-order valence-corrected chi connectivity index (χ3v) is 5.60. The van der Waals surface area contributed by atoms with Crippen LogP contribution in [0.4, 0.5) is 0 Å². The van der Waals surface area contributed by atoms with Crippen molar-refractivity contribution in [2.45, 2.75) is 37.9 Å². The Kier molecular flexibility index (Phi) is 3.15. The Balaban J connectivity index is 2.12. The van der Waals surface area contributed by atoms with Crippen molar-refractivity contribution in [2.24, 2.45) is 0 Å². The predicted molar refractivity (Wildman–Crippen MR) is 74.1 cm³/mol. The Morgan fingerprint density at radius 2 is 2.21 bits per heavy atom. The quantitative estimate of drug-likeness (QED) is 0.816. The van der Waals surface area contributed by atoms with Crippen LogP contribution in [0.5, 0.6) is 0 Å². The first-order valence-electron chi connectivity index (χ1n) is 6.00. The van der Waals surface area contributed by atoms with Gasteiger partial charge in [-0.2, -0.15) is 0 Å². The van der Waals surface area contributed by atoms with E-state index in [4.69, 9.17) is 10.7 Å². The van der Waals surface area contributed by atoms with Crippen molar-refractivity contribution in [3.63, 3.8) is 0 Å². The van der Waals surface area contributed by atoms with Gasteiger partial charge in [-0.25, -0.2) is 8.42 Å². The fraction of sp³-hybridized carbons (Fsp3) is 0.455. The zero-order valence-electron chi connectivity index (χ0n) is 10.3. The number of rotatable bonds is 3. The van der Waals surface area contributed by atoms with Crippen molar-refractivity contribution in [3.8, 4) is 10.7 Å². The molecule has 0 bridgehead atoms. The lowest BCUT2D eigenvalue weighted by atomic mass is 10.2. The summed E-state index contributed by atoms with van der Waals surface area (Å²) in [6, 6.07) is 2.09. The number of hydrogen-bond donors (Lipinski definition) is 0. The topological polar surface area (TPSA) is 64.8 Å². The predicted octanol–water partition coefficient (Wildman–Crippen LogP) is 2.44. The highest BCUT2D eigenvalue weighted by molar-refractivity contribution is 8.13. The van der Waals surface area contributed by atoms with Gasteiger partial charge in [-0.1, -0.05) is 0 Å². The minimum atomic E-state index is -3.86. The molecule has 0 aromatic carbocycles. The minimum absolute atomic E-state index is 0.180. The van der Waals surface area contributed by atoms with Crippen molar-refractivity contribution in [1.29, 1.82) is 0 Å². The van der Waals surface area contributed by atoms with Crippen molar-refractivity contribution >= 4 is 31.1 Å². The highest BCUT2D eigenvalue weighted by Crippen LogP contribution is 2.36. The molecule has 0 amide bonds. The van der Waals surface area contributed by atoms with E-state index in [-0.39, 0.29) is 5.16 Å². The summed E-state index contributed by atoms with van der Waals surface area (Å²) in [7, 11) is 1.51. The molecule has 1 aliphatic rings. The molecule has 102 valence electrons. The van der Waals surface area contributed by atoms with E-state index in [1.165, 1.54) is 16.9 Å². The highest BCUT2D eigenvalue weighted by atomic mass is 35.7. The van der Waals surface area contributed by atoms with Gasteiger partial charge in [-0.05, 0) is 37.8 Å². The molecule has 3 rings (SSSR count). The molecule has 0 unspecified atom stereocenters. The molecule has 2 aromatic rings. The molecule has 0 aliphatic heterocycles. The largest absolute Gasteiger partial charge is 0.296 e. The molecule has 0 fully saturated rings. The first-order chi connectivity index (χ1) is 9.00. The van der Waals surface area contributed by atoms with Crippen LogP contribution in [0, 0.1) is 0 Å². The normalized spacial score (nSPS) is 14.8. The minimum Gasteiger partial charge on any atom is -0.296 e. The molecule has 2 aromatic heterocycles. The SMILES string of the molecule is CCn1c(-c2cc3c(s2)CCC3)nnc1S(=O)(=O)Cl. The maximum absolute atomic E-state index is 11.4. The van der Waals surface area contributed by atoms with Gasteiger partial charge in [0.2, 0.25) is 0 Å². The van der Waals surface area contributed by atoms with Crippen LogP contribution >= 0.6 is 22.0 Å². The third kappa shape index (κ3) is 2.19. The molecular weight excluding hydrogens is 306 g/mol. The number of hydrogen-bond acceptors (Lipinski definition) is 5. The van der Waals surface area contributed by atoms with E-state index in [0.717, 1.165) is 17.7 Å². The Morgan fingerprint density at radius 1 is 1.42 bits per heavy atom. The van der Waals surface area contributed by atoms with Crippen LogP contribution in [0.1, 0.15) is 23.8 Å². The molecule has 1 aliphatic carbocycles. The fourth-order valence-electron chi connectivity index (χ4n) is 2.38. The zero-order valence-corrected chi connectivity index (χ0v) is 12.6. The summed E-state index contributed by atoms with van der Waals surface area (Å²) in [5.41, 5.74) is 1.35. The molecule has 0 spiro atoms. The smallest absolute Gasteiger partial charge is 0.296 e. The Bertz CT molecular complexity index is 712. The second-order valence-corrected chi connectivity index (χ2v) is 8.00. The highest BCUT2D eigenvalue weighted by Gasteiger charge is 2.24. The molecule has 0 saturated heterocycles. The van der Waals surface area contributed by atoms with Gasteiger partial charge < -0.3 is 0 Å².